The fourth-order valence-electron chi connectivity index (χ4n) is 3.31. The topological polar surface area (TPSA) is 61.8 Å². The second-order valence-corrected chi connectivity index (χ2v) is 6.59. The molecule has 0 radical (unpaired) electrons. The first-order valence-electron chi connectivity index (χ1n) is 7.90. The number of carbonyl (C=O) groups is 1. The van der Waals surface area contributed by atoms with Crippen molar-refractivity contribution in [3.8, 4) is 0 Å². The van der Waals surface area contributed by atoms with Crippen molar-refractivity contribution in [3.63, 3.8) is 0 Å². The number of ether oxygens (including phenoxy) is 1. The summed E-state index contributed by atoms with van der Waals surface area (Å²) in [7, 11) is 0. The van der Waals surface area contributed by atoms with E-state index in [1.54, 1.807) is 0 Å². The standard InChI is InChI=1S/C17H24N2O3/c1-17(2,19-7-9-22-10-8-19)16(21)18-14-11-12-5-3-4-6-13(12)15(14)20/h3-6,14-15,20H,7-11H2,1-2H3,(H,18,21). The van der Waals surface area contributed by atoms with Gasteiger partial charge in [0.15, 0.2) is 0 Å². The van der Waals surface area contributed by atoms with Crippen LogP contribution in [0.4, 0.5) is 0 Å². The number of nitrogens with zero attached hydrogens (tertiary/aromatic N) is 1. The Kier molecular flexibility index (Phi) is 4.21. The third-order valence-corrected chi connectivity index (χ3v) is 4.87. The molecule has 0 spiro atoms. The van der Waals surface area contributed by atoms with Gasteiger partial charge >= 0.3 is 0 Å². The van der Waals surface area contributed by atoms with Gasteiger partial charge in [0.1, 0.15) is 0 Å². The number of morpholine rings is 1. The second-order valence-electron chi connectivity index (χ2n) is 6.59. The van der Waals surface area contributed by atoms with Crippen LogP contribution in [0.25, 0.3) is 0 Å². The van der Waals surface area contributed by atoms with Crippen LogP contribution in [0.15, 0.2) is 24.3 Å². The zero-order chi connectivity index (χ0) is 15.7. The molecule has 1 fully saturated rings. The van der Waals surface area contributed by atoms with Gasteiger partial charge in [-0.1, -0.05) is 24.3 Å². The summed E-state index contributed by atoms with van der Waals surface area (Å²) in [6.45, 7) is 6.70. The van der Waals surface area contributed by atoms with Crippen molar-refractivity contribution in [3.05, 3.63) is 35.4 Å². The third-order valence-electron chi connectivity index (χ3n) is 4.87. The summed E-state index contributed by atoms with van der Waals surface area (Å²) in [5.41, 5.74) is 1.44. The molecule has 0 aromatic heterocycles. The number of rotatable bonds is 3. The lowest BCUT2D eigenvalue weighted by atomic mass is 9.99. The Hall–Kier alpha value is -1.43. The zero-order valence-electron chi connectivity index (χ0n) is 13.2. The van der Waals surface area contributed by atoms with Gasteiger partial charge in [-0.25, -0.2) is 0 Å². The smallest absolute Gasteiger partial charge is 0.240 e. The third kappa shape index (κ3) is 2.76. The molecule has 22 heavy (non-hydrogen) atoms. The molecule has 5 heteroatoms. The van der Waals surface area contributed by atoms with E-state index >= 15 is 0 Å². The SMILES string of the molecule is CC(C)(C(=O)NC1Cc2ccccc2C1O)N1CCOCC1. The van der Waals surface area contributed by atoms with Crippen LogP contribution >= 0.6 is 0 Å². The minimum Gasteiger partial charge on any atom is -0.386 e. The van der Waals surface area contributed by atoms with E-state index in [0.717, 1.165) is 24.2 Å². The van der Waals surface area contributed by atoms with E-state index in [1.165, 1.54) is 0 Å². The Bertz CT molecular complexity index is 553. The molecular weight excluding hydrogens is 280 g/mol. The highest BCUT2D eigenvalue weighted by molar-refractivity contribution is 5.85. The molecule has 0 saturated carbocycles. The molecule has 5 nitrogen and oxygen atoms in total. The van der Waals surface area contributed by atoms with E-state index < -0.39 is 11.6 Å². The lowest BCUT2D eigenvalue weighted by Crippen LogP contribution is -2.59. The van der Waals surface area contributed by atoms with Crippen molar-refractivity contribution in [2.45, 2.75) is 38.0 Å². The van der Waals surface area contributed by atoms with E-state index in [1.807, 2.05) is 38.1 Å². The molecule has 2 aliphatic rings. The van der Waals surface area contributed by atoms with Gasteiger partial charge in [0, 0.05) is 13.1 Å². The minimum atomic E-state index is -0.624. The Morgan fingerprint density at radius 1 is 1.32 bits per heavy atom. The molecule has 0 bridgehead atoms. The van der Waals surface area contributed by atoms with Gasteiger partial charge in [0.05, 0.1) is 30.9 Å². The number of amides is 1. The number of aliphatic hydroxyl groups is 1. The number of benzene rings is 1. The molecule has 1 aliphatic carbocycles. The molecule has 1 heterocycles. The Labute approximate surface area is 131 Å². The second kappa shape index (κ2) is 5.99. The molecule has 1 aromatic rings. The normalized spacial score (nSPS) is 25.8. The first-order chi connectivity index (χ1) is 10.5. The summed E-state index contributed by atoms with van der Waals surface area (Å²) in [6.07, 6.45) is 0.0584. The van der Waals surface area contributed by atoms with Gasteiger partial charge in [0.2, 0.25) is 5.91 Å². The fraction of sp³-hybridized carbons (Fsp3) is 0.588. The average molecular weight is 304 g/mol. The first-order valence-corrected chi connectivity index (χ1v) is 7.90. The van der Waals surface area contributed by atoms with Crippen LogP contribution in [-0.4, -0.2) is 53.8 Å². The van der Waals surface area contributed by atoms with E-state index in [4.69, 9.17) is 4.74 Å². The molecule has 2 N–H and O–H groups in total. The largest absolute Gasteiger partial charge is 0.386 e. The highest BCUT2D eigenvalue weighted by Gasteiger charge is 2.39. The van der Waals surface area contributed by atoms with Gasteiger partial charge in [-0.3, -0.25) is 9.69 Å². The van der Waals surface area contributed by atoms with Crippen LogP contribution in [0.1, 0.15) is 31.1 Å². The summed E-state index contributed by atoms with van der Waals surface area (Å²) in [6, 6.07) is 7.58. The lowest BCUT2D eigenvalue weighted by molar-refractivity contribution is -0.136. The Balaban J connectivity index is 1.67. The average Bonchev–Trinajstić information content (AvgIpc) is 2.85. The molecule has 1 saturated heterocycles. The minimum absolute atomic E-state index is 0.0359. The number of carbonyl (C=O) groups excluding carboxylic acids is 1. The zero-order valence-corrected chi connectivity index (χ0v) is 13.2. The van der Waals surface area contributed by atoms with E-state index in [2.05, 4.69) is 10.2 Å². The van der Waals surface area contributed by atoms with Gasteiger partial charge in [0.25, 0.3) is 0 Å². The number of hydrogen-bond acceptors (Lipinski definition) is 4. The first kappa shape index (κ1) is 15.5. The quantitative estimate of drug-likeness (QED) is 0.870. The predicted octanol–water partition coefficient (Wildman–Crippen LogP) is 0.872. The van der Waals surface area contributed by atoms with Crippen LogP contribution in [-0.2, 0) is 16.0 Å². The maximum atomic E-state index is 12.7. The summed E-state index contributed by atoms with van der Waals surface area (Å²) in [5.74, 6) is -0.0359. The van der Waals surface area contributed by atoms with Gasteiger partial charge < -0.3 is 15.2 Å². The van der Waals surface area contributed by atoms with Crippen molar-refractivity contribution in [2.75, 3.05) is 26.3 Å². The molecule has 3 rings (SSSR count). The monoisotopic (exact) mass is 304 g/mol. The molecule has 2 unspecified atom stereocenters. The number of nitrogens with one attached hydrogen (secondary N) is 1. The Morgan fingerprint density at radius 2 is 2.00 bits per heavy atom. The summed E-state index contributed by atoms with van der Waals surface area (Å²) < 4.78 is 5.35. The van der Waals surface area contributed by atoms with Crippen LogP contribution in [0.2, 0.25) is 0 Å². The highest BCUT2D eigenvalue weighted by atomic mass is 16.5. The summed E-state index contributed by atoms with van der Waals surface area (Å²) in [5, 5.41) is 13.5. The summed E-state index contributed by atoms with van der Waals surface area (Å²) >= 11 is 0. The number of aliphatic hydroxyl groups excluding tert-OH is 1. The van der Waals surface area contributed by atoms with Crippen molar-refractivity contribution in [2.24, 2.45) is 0 Å². The van der Waals surface area contributed by atoms with Crippen LogP contribution in [0, 0.1) is 0 Å². The predicted molar refractivity (Wildman–Crippen MR) is 83.5 cm³/mol. The van der Waals surface area contributed by atoms with Gasteiger partial charge in [-0.05, 0) is 31.4 Å². The van der Waals surface area contributed by atoms with E-state index in [-0.39, 0.29) is 11.9 Å². The molecule has 1 amide bonds. The van der Waals surface area contributed by atoms with Crippen LogP contribution in [0.5, 0.6) is 0 Å². The highest BCUT2D eigenvalue weighted by Crippen LogP contribution is 2.31. The number of hydrogen-bond donors (Lipinski definition) is 2. The Morgan fingerprint density at radius 3 is 2.68 bits per heavy atom. The van der Waals surface area contributed by atoms with Crippen LogP contribution in [0.3, 0.4) is 0 Å². The molecule has 1 aromatic carbocycles. The van der Waals surface area contributed by atoms with Crippen LogP contribution < -0.4 is 5.32 Å². The maximum absolute atomic E-state index is 12.7. The van der Waals surface area contributed by atoms with E-state index in [0.29, 0.717) is 19.6 Å². The molecule has 1 aliphatic heterocycles. The summed E-state index contributed by atoms with van der Waals surface area (Å²) in [4.78, 5) is 14.9. The lowest BCUT2D eigenvalue weighted by Gasteiger charge is -2.40. The molecular formula is C17H24N2O3. The number of fused-ring (bicyclic) bond motifs is 1. The van der Waals surface area contributed by atoms with Crippen molar-refractivity contribution in [1.29, 1.82) is 0 Å². The van der Waals surface area contributed by atoms with Crippen molar-refractivity contribution in [1.82, 2.24) is 10.2 Å². The van der Waals surface area contributed by atoms with E-state index in [9.17, 15) is 9.90 Å². The van der Waals surface area contributed by atoms with Crippen molar-refractivity contribution < 1.29 is 14.6 Å². The van der Waals surface area contributed by atoms with Gasteiger partial charge in [-0.15, -0.1) is 0 Å². The van der Waals surface area contributed by atoms with Crippen molar-refractivity contribution >= 4 is 5.91 Å². The fourth-order valence-corrected chi connectivity index (χ4v) is 3.31. The molecule has 2 atom stereocenters. The maximum Gasteiger partial charge on any atom is 0.240 e. The molecule has 120 valence electrons. The van der Waals surface area contributed by atoms with Gasteiger partial charge in [-0.2, -0.15) is 0 Å².